The Kier molecular flexibility index (Phi) is 6.50. The van der Waals surface area contributed by atoms with Gasteiger partial charge in [-0.15, -0.1) is 0 Å². The first kappa shape index (κ1) is 20.9. The van der Waals surface area contributed by atoms with Gasteiger partial charge in [0, 0.05) is 48.7 Å². The van der Waals surface area contributed by atoms with Crippen molar-refractivity contribution in [2.45, 2.75) is 25.7 Å². The van der Waals surface area contributed by atoms with E-state index in [0.29, 0.717) is 16.8 Å². The monoisotopic (exact) mass is 420 g/mol. The number of likely N-dealkylation sites (tertiary alicyclic amines) is 2. The molecule has 0 aromatic heterocycles. The number of nitrogens with one attached hydrogen (secondary N) is 2. The first-order valence-electron chi connectivity index (χ1n) is 10.9. The Bertz CT molecular complexity index is 946. The molecule has 0 spiro atoms. The lowest BCUT2D eigenvalue weighted by Gasteiger charge is -2.16. The molecule has 2 aromatic carbocycles. The van der Waals surface area contributed by atoms with Crippen LogP contribution < -0.4 is 10.6 Å². The van der Waals surface area contributed by atoms with Crippen molar-refractivity contribution in [3.8, 4) is 0 Å². The SMILES string of the molecule is O=C(CNc1cccc(C(=O)N2CCCC2)c1)Nc1ccc(C(=O)N2CCCC2)cc1. The molecule has 2 heterocycles. The topological polar surface area (TPSA) is 81.8 Å². The molecule has 162 valence electrons. The molecule has 7 heteroatoms. The molecule has 2 fully saturated rings. The van der Waals surface area contributed by atoms with Crippen molar-refractivity contribution in [3.05, 3.63) is 59.7 Å². The average molecular weight is 421 g/mol. The highest BCUT2D eigenvalue weighted by Gasteiger charge is 2.20. The lowest BCUT2D eigenvalue weighted by molar-refractivity contribution is -0.114. The van der Waals surface area contributed by atoms with E-state index in [1.807, 2.05) is 21.9 Å². The van der Waals surface area contributed by atoms with Crippen LogP contribution in [-0.2, 0) is 4.79 Å². The fourth-order valence-corrected chi connectivity index (χ4v) is 4.05. The number of hydrogen-bond donors (Lipinski definition) is 2. The van der Waals surface area contributed by atoms with Gasteiger partial charge in [-0.3, -0.25) is 14.4 Å². The maximum absolute atomic E-state index is 12.5. The van der Waals surface area contributed by atoms with E-state index < -0.39 is 0 Å². The molecule has 0 bridgehead atoms. The summed E-state index contributed by atoms with van der Waals surface area (Å²) in [5.74, 6) is -0.121. The van der Waals surface area contributed by atoms with Crippen molar-refractivity contribution in [1.82, 2.24) is 9.80 Å². The highest BCUT2D eigenvalue weighted by Crippen LogP contribution is 2.17. The summed E-state index contributed by atoms with van der Waals surface area (Å²) in [6.07, 6.45) is 4.22. The van der Waals surface area contributed by atoms with Crippen LogP contribution in [0.2, 0.25) is 0 Å². The molecule has 2 N–H and O–H groups in total. The largest absolute Gasteiger partial charge is 0.376 e. The molecule has 0 unspecified atom stereocenters. The normalized spacial score (nSPS) is 15.7. The summed E-state index contributed by atoms with van der Waals surface area (Å²) >= 11 is 0. The van der Waals surface area contributed by atoms with Gasteiger partial charge in [-0.25, -0.2) is 0 Å². The van der Waals surface area contributed by atoms with Gasteiger partial charge in [0.05, 0.1) is 6.54 Å². The number of amides is 3. The summed E-state index contributed by atoms with van der Waals surface area (Å²) in [4.78, 5) is 41.0. The second-order valence-corrected chi connectivity index (χ2v) is 8.06. The first-order valence-corrected chi connectivity index (χ1v) is 10.9. The molecular weight excluding hydrogens is 392 g/mol. The number of nitrogens with zero attached hydrogens (tertiary/aromatic N) is 2. The van der Waals surface area contributed by atoms with Gasteiger partial charge >= 0.3 is 0 Å². The molecule has 2 aromatic rings. The maximum Gasteiger partial charge on any atom is 0.253 e. The fourth-order valence-electron chi connectivity index (χ4n) is 4.05. The third-order valence-corrected chi connectivity index (χ3v) is 5.76. The summed E-state index contributed by atoms with van der Waals surface area (Å²) in [5.41, 5.74) is 2.64. The molecular formula is C24H28N4O3. The van der Waals surface area contributed by atoms with E-state index in [0.717, 1.165) is 57.5 Å². The van der Waals surface area contributed by atoms with Crippen molar-refractivity contribution >= 4 is 29.1 Å². The van der Waals surface area contributed by atoms with Crippen LogP contribution in [0.3, 0.4) is 0 Å². The van der Waals surface area contributed by atoms with Crippen molar-refractivity contribution in [2.24, 2.45) is 0 Å². The quantitative estimate of drug-likeness (QED) is 0.752. The van der Waals surface area contributed by atoms with Crippen LogP contribution in [0.15, 0.2) is 48.5 Å². The minimum Gasteiger partial charge on any atom is -0.376 e. The van der Waals surface area contributed by atoms with E-state index in [1.54, 1.807) is 36.4 Å². The van der Waals surface area contributed by atoms with Crippen molar-refractivity contribution in [2.75, 3.05) is 43.4 Å². The average Bonchev–Trinajstić information content (AvgIpc) is 3.52. The van der Waals surface area contributed by atoms with Crippen LogP contribution in [0, 0.1) is 0 Å². The standard InChI is InChI=1S/C24H28N4O3/c29-22(26-20-10-8-18(9-11-20)23(30)27-12-1-2-13-27)17-25-21-7-5-6-19(16-21)24(31)28-14-3-4-15-28/h5-11,16,25H,1-4,12-15,17H2,(H,26,29). The van der Waals surface area contributed by atoms with Gasteiger partial charge in [-0.1, -0.05) is 6.07 Å². The second kappa shape index (κ2) is 9.64. The lowest BCUT2D eigenvalue weighted by atomic mass is 10.1. The predicted octanol–water partition coefficient (Wildman–Crippen LogP) is 3.21. The molecule has 0 saturated carbocycles. The summed E-state index contributed by atoms with van der Waals surface area (Å²) in [7, 11) is 0. The predicted molar refractivity (Wildman–Crippen MR) is 120 cm³/mol. The van der Waals surface area contributed by atoms with Gasteiger partial charge in [0.25, 0.3) is 11.8 Å². The van der Waals surface area contributed by atoms with Gasteiger partial charge in [-0.05, 0) is 68.1 Å². The molecule has 2 aliphatic heterocycles. The molecule has 7 nitrogen and oxygen atoms in total. The number of benzene rings is 2. The van der Waals surface area contributed by atoms with E-state index in [-0.39, 0.29) is 24.3 Å². The maximum atomic E-state index is 12.5. The fraction of sp³-hybridized carbons (Fsp3) is 0.375. The molecule has 0 atom stereocenters. The number of anilines is 2. The molecule has 0 aliphatic carbocycles. The third-order valence-electron chi connectivity index (χ3n) is 5.76. The second-order valence-electron chi connectivity index (χ2n) is 8.06. The Morgan fingerprint density at radius 1 is 0.710 bits per heavy atom. The Labute approximate surface area is 182 Å². The Morgan fingerprint density at radius 2 is 1.29 bits per heavy atom. The molecule has 3 amide bonds. The number of hydrogen-bond acceptors (Lipinski definition) is 4. The van der Waals surface area contributed by atoms with Gasteiger partial charge in [0.2, 0.25) is 5.91 Å². The van der Waals surface area contributed by atoms with Crippen LogP contribution in [-0.4, -0.2) is 60.2 Å². The van der Waals surface area contributed by atoms with E-state index in [4.69, 9.17) is 0 Å². The van der Waals surface area contributed by atoms with Gasteiger partial charge < -0.3 is 20.4 Å². The summed E-state index contributed by atoms with van der Waals surface area (Å²) in [6.45, 7) is 3.32. The van der Waals surface area contributed by atoms with Crippen molar-refractivity contribution in [1.29, 1.82) is 0 Å². The summed E-state index contributed by atoms with van der Waals surface area (Å²) < 4.78 is 0. The zero-order chi connectivity index (χ0) is 21.6. The third kappa shape index (κ3) is 5.23. The highest BCUT2D eigenvalue weighted by molar-refractivity contribution is 5.97. The molecule has 4 rings (SSSR count). The lowest BCUT2D eigenvalue weighted by Crippen LogP contribution is -2.27. The van der Waals surface area contributed by atoms with Gasteiger partial charge in [0.1, 0.15) is 0 Å². The Balaban J connectivity index is 1.28. The molecule has 31 heavy (non-hydrogen) atoms. The highest BCUT2D eigenvalue weighted by atomic mass is 16.2. The zero-order valence-corrected chi connectivity index (χ0v) is 17.6. The van der Waals surface area contributed by atoms with Crippen LogP contribution in [0.1, 0.15) is 46.4 Å². The smallest absolute Gasteiger partial charge is 0.253 e. The summed E-state index contributed by atoms with van der Waals surface area (Å²) in [5, 5.41) is 5.90. The van der Waals surface area contributed by atoms with E-state index in [9.17, 15) is 14.4 Å². The first-order chi connectivity index (χ1) is 15.1. The zero-order valence-electron chi connectivity index (χ0n) is 17.6. The molecule has 2 aliphatic rings. The van der Waals surface area contributed by atoms with E-state index in [2.05, 4.69) is 10.6 Å². The van der Waals surface area contributed by atoms with Crippen LogP contribution in [0.5, 0.6) is 0 Å². The van der Waals surface area contributed by atoms with E-state index >= 15 is 0 Å². The Morgan fingerprint density at radius 3 is 1.90 bits per heavy atom. The molecule has 0 radical (unpaired) electrons. The summed E-state index contributed by atoms with van der Waals surface area (Å²) in [6, 6.07) is 14.2. The number of carbonyl (C=O) groups is 3. The molecule has 2 saturated heterocycles. The number of rotatable bonds is 6. The minimum absolute atomic E-state index is 0.0363. The van der Waals surface area contributed by atoms with Crippen LogP contribution in [0.25, 0.3) is 0 Å². The van der Waals surface area contributed by atoms with Gasteiger partial charge in [0.15, 0.2) is 0 Å². The van der Waals surface area contributed by atoms with Crippen molar-refractivity contribution < 1.29 is 14.4 Å². The Hall–Kier alpha value is -3.35. The van der Waals surface area contributed by atoms with E-state index in [1.165, 1.54) is 0 Å². The van der Waals surface area contributed by atoms with Crippen molar-refractivity contribution in [3.63, 3.8) is 0 Å². The van der Waals surface area contributed by atoms with Gasteiger partial charge in [-0.2, -0.15) is 0 Å². The number of carbonyl (C=O) groups excluding carboxylic acids is 3. The van der Waals surface area contributed by atoms with Crippen LogP contribution >= 0.6 is 0 Å². The minimum atomic E-state index is -0.199. The van der Waals surface area contributed by atoms with Crippen LogP contribution in [0.4, 0.5) is 11.4 Å².